The van der Waals surface area contributed by atoms with Crippen LogP contribution < -0.4 is 5.32 Å². The molecule has 1 unspecified atom stereocenters. The summed E-state index contributed by atoms with van der Waals surface area (Å²) in [6.45, 7) is 4.44. The Hall–Kier alpha value is -0.890. The van der Waals surface area contributed by atoms with Crippen LogP contribution in [0.2, 0.25) is 0 Å². The van der Waals surface area contributed by atoms with Gasteiger partial charge in [0.15, 0.2) is 0 Å². The third-order valence-corrected chi connectivity index (χ3v) is 4.22. The summed E-state index contributed by atoms with van der Waals surface area (Å²) in [5.41, 5.74) is 0. The van der Waals surface area contributed by atoms with E-state index in [2.05, 4.69) is 23.3 Å². The predicted molar refractivity (Wildman–Crippen MR) is 71.0 cm³/mol. The Balaban J connectivity index is 1.70. The van der Waals surface area contributed by atoms with Crippen LogP contribution in [-0.2, 0) is 6.54 Å². The molecule has 1 fully saturated rings. The minimum atomic E-state index is 0.782. The largest absolute Gasteiger partial charge is 0.312 e. The molecule has 0 spiro atoms. The number of rotatable bonds is 4. The number of thiophene rings is 1. The zero-order valence-electron chi connectivity index (χ0n) is 10.3. The van der Waals surface area contributed by atoms with Gasteiger partial charge in [0, 0.05) is 18.0 Å². The summed E-state index contributed by atoms with van der Waals surface area (Å²) in [7, 11) is 2.20. The Bertz CT molecular complexity index is 394. The Morgan fingerprint density at radius 1 is 1.59 bits per heavy atom. The second-order valence-electron chi connectivity index (χ2n) is 4.78. The Morgan fingerprint density at radius 2 is 2.47 bits per heavy atom. The highest BCUT2D eigenvalue weighted by molar-refractivity contribution is 7.12. The summed E-state index contributed by atoms with van der Waals surface area (Å²) in [5, 5.41) is 12.2. The van der Waals surface area contributed by atoms with Crippen molar-refractivity contribution in [1.29, 1.82) is 5.26 Å². The predicted octanol–water partition coefficient (Wildman–Crippen LogP) is 2.05. The molecule has 1 aromatic heterocycles. The Morgan fingerprint density at radius 3 is 3.18 bits per heavy atom. The summed E-state index contributed by atoms with van der Waals surface area (Å²) in [5.74, 6) is 0.782. The molecule has 2 heterocycles. The van der Waals surface area contributed by atoms with Crippen LogP contribution in [0.25, 0.3) is 0 Å². The van der Waals surface area contributed by atoms with Crippen molar-refractivity contribution in [2.24, 2.45) is 5.92 Å². The first-order valence-electron chi connectivity index (χ1n) is 6.16. The maximum absolute atomic E-state index is 8.74. The molecule has 0 bridgehead atoms. The fourth-order valence-corrected chi connectivity index (χ4v) is 3.15. The van der Waals surface area contributed by atoms with Gasteiger partial charge in [-0.15, -0.1) is 11.3 Å². The van der Waals surface area contributed by atoms with E-state index in [0.717, 1.165) is 23.9 Å². The lowest BCUT2D eigenvalue weighted by molar-refractivity contribution is 0.206. The van der Waals surface area contributed by atoms with Gasteiger partial charge in [-0.25, -0.2) is 0 Å². The van der Waals surface area contributed by atoms with Gasteiger partial charge in [-0.1, -0.05) is 0 Å². The molecular weight excluding hydrogens is 230 g/mol. The van der Waals surface area contributed by atoms with E-state index < -0.39 is 0 Å². The fraction of sp³-hybridized carbons (Fsp3) is 0.615. The summed E-state index contributed by atoms with van der Waals surface area (Å²) < 4.78 is 0. The van der Waals surface area contributed by atoms with Gasteiger partial charge in [0.1, 0.15) is 10.9 Å². The van der Waals surface area contributed by atoms with E-state index in [1.54, 1.807) is 11.3 Å². The summed E-state index contributed by atoms with van der Waals surface area (Å²) in [4.78, 5) is 4.47. The smallest absolute Gasteiger partial charge is 0.110 e. The number of nitriles is 1. The van der Waals surface area contributed by atoms with Crippen LogP contribution in [0.3, 0.4) is 0 Å². The third kappa shape index (κ3) is 3.81. The second-order valence-corrected chi connectivity index (χ2v) is 5.95. The number of hydrogen-bond donors (Lipinski definition) is 1. The topological polar surface area (TPSA) is 39.1 Å². The van der Waals surface area contributed by atoms with Crippen molar-refractivity contribution in [2.45, 2.75) is 19.4 Å². The van der Waals surface area contributed by atoms with Gasteiger partial charge in [0.25, 0.3) is 0 Å². The molecule has 0 aliphatic carbocycles. The van der Waals surface area contributed by atoms with E-state index in [1.165, 1.54) is 30.8 Å². The van der Waals surface area contributed by atoms with Crippen LogP contribution in [0.4, 0.5) is 0 Å². The van der Waals surface area contributed by atoms with Crippen molar-refractivity contribution in [2.75, 3.05) is 26.7 Å². The molecule has 0 saturated carbocycles. The monoisotopic (exact) mass is 249 g/mol. The van der Waals surface area contributed by atoms with E-state index in [9.17, 15) is 0 Å². The quantitative estimate of drug-likeness (QED) is 0.887. The molecule has 0 aromatic carbocycles. The molecule has 4 heteroatoms. The number of nitrogens with one attached hydrogen (secondary N) is 1. The maximum Gasteiger partial charge on any atom is 0.110 e. The van der Waals surface area contributed by atoms with Crippen LogP contribution in [-0.4, -0.2) is 31.6 Å². The van der Waals surface area contributed by atoms with Crippen molar-refractivity contribution < 1.29 is 0 Å². The summed E-state index contributed by atoms with van der Waals surface area (Å²) in [6.07, 6.45) is 2.66. The SMILES string of the molecule is CN1CCCC(CNCc2ccc(C#N)s2)C1. The first-order valence-corrected chi connectivity index (χ1v) is 6.97. The summed E-state index contributed by atoms with van der Waals surface area (Å²) >= 11 is 1.59. The number of likely N-dealkylation sites (tertiary alicyclic amines) is 1. The third-order valence-electron chi connectivity index (χ3n) is 3.23. The molecule has 3 nitrogen and oxygen atoms in total. The molecule has 0 amide bonds. The highest BCUT2D eigenvalue weighted by atomic mass is 32.1. The molecule has 1 aliphatic rings. The highest BCUT2D eigenvalue weighted by Crippen LogP contribution is 2.16. The Kier molecular flexibility index (Phi) is 4.55. The van der Waals surface area contributed by atoms with Gasteiger partial charge in [-0.2, -0.15) is 5.26 Å². The van der Waals surface area contributed by atoms with Crippen molar-refractivity contribution in [3.05, 3.63) is 21.9 Å². The van der Waals surface area contributed by atoms with Gasteiger partial charge in [0.2, 0.25) is 0 Å². The van der Waals surface area contributed by atoms with E-state index in [0.29, 0.717) is 0 Å². The molecule has 1 atom stereocenters. The number of piperidine rings is 1. The fourth-order valence-electron chi connectivity index (χ4n) is 2.37. The normalized spacial score (nSPS) is 21.3. The number of nitrogens with zero attached hydrogens (tertiary/aromatic N) is 2. The number of hydrogen-bond acceptors (Lipinski definition) is 4. The summed E-state index contributed by atoms with van der Waals surface area (Å²) in [6, 6.07) is 6.12. The van der Waals surface area contributed by atoms with Gasteiger partial charge < -0.3 is 10.2 Å². The zero-order valence-corrected chi connectivity index (χ0v) is 11.1. The van der Waals surface area contributed by atoms with Crippen LogP contribution in [0.5, 0.6) is 0 Å². The van der Waals surface area contributed by atoms with Gasteiger partial charge >= 0.3 is 0 Å². The van der Waals surface area contributed by atoms with Crippen LogP contribution >= 0.6 is 11.3 Å². The van der Waals surface area contributed by atoms with Crippen molar-refractivity contribution >= 4 is 11.3 Å². The van der Waals surface area contributed by atoms with E-state index >= 15 is 0 Å². The second kappa shape index (κ2) is 6.15. The van der Waals surface area contributed by atoms with Crippen molar-refractivity contribution in [3.8, 4) is 6.07 Å². The lowest BCUT2D eigenvalue weighted by Gasteiger charge is -2.29. The first kappa shape index (κ1) is 12.6. The molecule has 1 saturated heterocycles. The van der Waals surface area contributed by atoms with E-state index in [4.69, 9.17) is 5.26 Å². The Labute approximate surface area is 107 Å². The van der Waals surface area contributed by atoms with Crippen LogP contribution in [0, 0.1) is 17.2 Å². The van der Waals surface area contributed by atoms with E-state index in [-0.39, 0.29) is 0 Å². The van der Waals surface area contributed by atoms with Gasteiger partial charge in [-0.3, -0.25) is 0 Å². The van der Waals surface area contributed by atoms with Crippen LogP contribution in [0.1, 0.15) is 22.6 Å². The molecule has 1 N–H and O–H groups in total. The lowest BCUT2D eigenvalue weighted by Crippen LogP contribution is -2.37. The highest BCUT2D eigenvalue weighted by Gasteiger charge is 2.16. The molecular formula is C13H19N3S. The average molecular weight is 249 g/mol. The van der Waals surface area contributed by atoms with Gasteiger partial charge in [-0.05, 0) is 51.0 Å². The minimum Gasteiger partial charge on any atom is -0.312 e. The first-order chi connectivity index (χ1) is 8.28. The van der Waals surface area contributed by atoms with Crippen molar-refractivity contribution in [3.63, 3.8) is 0 Å². The maximum atomic E-state index is 8.74. The molecule has 92 valence electrons. The van der Waals surface area contributed by atoms with Crippen molar-refractivity contribution in [1.82, 2.24) is 10.2 Å². The lowest BCUT2D eigenvalue weighted by atomic mass is 9.98. The average Bonchev–Trinajstić information content (AvgIpc) is 2.77. The standard InChI is InChI=1S/C13H19N3S/c1-16-6-2-3-11(10-16)8-15-9-13-5-4-12(7-14)17-13/h4-5,11,15H,2-3,6,8-10H2,1H3. The van der Waals surface area contributed by atoms with Gasteiger partial charge in [0.05, 0.1) is 0 Å². The molecule has 17 heavy (non-hydrogen) atoms. The molecule has 1 aromatic rings. The molecule has 0 radical (unpaired) electrons. The molecule has 2 rings (SSSR count). The zero-order chi connectivity index (χ0) is 12.1. The van der Waals surface area contributed by atoms with Crippen LogP contribution in [0.15, 0.2) is 12.1 Å². The minimum absolute atomic E-state index is 0.782. The van der Waals surface area contributed by atoms with E-state index in [1.807, 2.05) is 12.1 Å². The molecule has 1 aliphatic heterocycles.